The van der Waals surface area contributed by atoms with Crippen molar-refractivity contribution in [2.24, 2.45) is 0 Å². The Morgan fingerprint density at radius 3 is 2.00 bits per heavy atom. The summed E-state index contributed by atoms with van der Waals surface area (Å²) in [5.41, 5.74) is 0. The van der Waals surface area contributed by atoms with E-state index in [9.17, 15) is 5.21 Å². The fourth-order valence-electron chi connectivity index (χ4n) is 0.640. The number of hydrogen-bond acceptors (Lipinski definition) is 1. The molecule has 0 spiro atoms. The lowest BCUT2D eigenvalue weighted by Crippen LogP contribution is -2.40. The lowest BCUT2D eigenvalue weighted by Gasteiger charge is -2.22. The summed E-state index contributed by atoms with van der Waals surface area (Å²) in [6.45, 7) is 5.71. The molecule has 0 aromatic carbocycles. The average molecular weight is 118 g/mol. The molecule has 1 atom stereocenters. The van der Waals surface area contributed by atoms with E-state index in [1.807, 2.05) is 14.0 Å². The van der Waals surface area contributed by atoms with Crippen LogP contribution in [0.15, 0.2) is 0 Å². The van der Waals surface area contributed by atoms with Crippen LogP contribution in [0.4, 0.5) is 0 Å². The second-order valence-electron chi connectivity index (χ2n) is 2.38. The van der Waals surface area contributed by atoms with E-state index in [0.29, 0.717) is 0 Å². The molecule has 0 saturated carbocycles. The Balaban J connectivity index is 3.37. The van der Waals surface area contributed by atoms with Crippen LogP contribution in [-0.4, -0.2) is 30.0 Å². The first-order valence-corrected chi connectivity index (χ1v) is 3.19. The quantitative estimate of drug-likeness (QED) is 0.437. The van der Waals surface area contributed by atoms with Crippen molar-refractivity contribution in [3.63, 3.8) is 0 Å². The van der Waals surface area contributed by atoms with Gasteiger partial charge < -0.3 is 0 Å². The molecule has 0 aromatic rings. The lowest BCUT2D eigenvalue weighted by molar-refractivity contribution is -1.09. The van der Waals surface area contributed by atoms with Crippen LogP contribution in [0.1, 0.15) is 20.3 Å². The summed E-state index contributed by atoms with van der Waals surface area (Å²) in [6, 6.07) is 0. The number of hydroxylamine groups is 3. The molecule has 1 unspecified atom stereocenters. The number of nitrogens with zero attached hydrogens (tertiary/aromatic N) is 1. The van der Waals surface area contributed by atoms with Crippen LogP contribution in [0.3, 0.4) is 0 Å². The van der Waals surface area contributed by atoms with Gasteiger partial charge in [0.1, 0.15) is 13.1 Å². The van der Waals surface area contributed by atoms with Crippen LogP contribution in [0.2, 0.25) is 0 Å². The second-order valence-corrected chi connectivity index (χ2v) is 2.38. The maximum atomic E-state index is 9.26. The Hall–Kier alpha value is -0.0800. The van der Waals surface area contributed by atoms with Gasteiger partial charge in [0.2, 0.25) is 0 Å². The Morgan fingerprint density at radius 1 is 1.38 bits per heavy atom. The van der Waals surface area contributed by atoms with Crippen molar-refractivity contribution in [3.05, 3.63) is 0 Å². The third-order valence-electron chi connectivity index (χ3n) is 1.39. The molecule has 2 nitrogen and oxygen atoms in total. The van der Waals surface area contributed by atoms with E-state index < -0.39 is 0 Å². The summed E-state index contributed by atoms with van der Waals surface area (Å²) in [6.07, 6.45) is 1.04. The summed E-state index contributed by atoms with van der Waals surface area (Å²) in [4.78, 5) is 0. The SMILES string of the molecule is CCC[N+](C)(O)CC. The Kier molecular flexibility index (Phi) is 3.02. The molecule has 0 aliphatic carbocycles. The standard InChI is InChI=1S/C6H16NO/c1-4-6-7(3,8)5-2/h8H,4-6H2,1-3H3/q+1. The van der Waals surface area contributed by atoms with Crippen molar-refractivity contribution in [1.82, 2.24) is 0 Å². The molecular weight excluding hydrogens is 102 g/mol. The zero-order valence-corrected chi connectivity index (χ0v) is 6.02. The maximum absolute atomic E-state index is 9.26. The van der Waals surface area contributed by atoms with Crippen LogP contribution in [0.5, 0.6) is 0 Å². The van der Waals surface area contributed by atoms with E-state index >= 15 is 0 Å². The molecule has 1 N–H and O–H groups in total. The minimum atomic E-state index is 0.163. The maximum Gasteiger partial charge on any atom is 0.108 e. The van der Waals surface area contributed by atoms with Crippen LogP contribution >= 0.6 is 0 Å². The molecule has 0 aromatic heterocycles. The van der Waals surface area contributed by atoms with Gasteiger partial charge in [-0.2, -0.15) is 4.65 Å². The average Bonchev–Trinajstić information content (AvgIpc) is 1.67. The Morgan fingerprint density at radius 2 is 1.88 bits per heavy atom. The van der Waals surface area contributed by atoms with Crippen molar-refractivity contribution in [2.45, 2.75) is 20.3 Å². The van der Waals surface area contributed by atoms with Crippen LogP contribution in [0, 0.1) is 0 Å². The van der Waals surface area contributed by atoms with Gasteiger partial charge >= 0.3 is 0 Å². The molecule has 50 valence electrons. The fraction of sp³-hybridized carbons (Fsp3) is 1.00. The number of rotatable bonds is 3. The van der Waals surface area contributed by atoms with Gasteiger partial charge in [0, 0.05) is 0 Å². The molecule has 0 fully saturated rings. The van der Waals surface area contributed by atoms with E-state index in [1.54, 1.807) is 0 Å². The van der Waals surface area contributed by atoms with Gasteiger partial charge in [-0.3, -0.25) is 0 Å². The molecule has 0 amide bonds. The molecule has 0 aliphatic heterocycles. The largest absolute Gasteiger partial charge is 0.217 e. The molecule has 0 radical (unpaired) electrons. The van der Waals surface area contributed by atoms with Crippen molar-refractivity contribution in [1.29, 1.82) is 0 Å². The second kappa shape index (κ2) is 3.05. The fourth-order valence-corrected chi connectivity index (χ4v) is 0.640. The number of quaternary nitrogens is 1. The molecule has 0 rings (SSSR count). The van der Waals surface area contributed by atoms with E-state index in [2.05, 4.69) is 6.92 Å². The third-order valence-corrected chi connectivity index (χ3v) is 1.39. The van der Waals surface area contributed by atoms with Gasteiger partial charge in [-0.25, -0.2) is 5.21 Å². The summed E-state index contributed by atoms with van der Waals surface area (Å²) in [5.74, 6) is 0. The molecule has 8 heavy (non-hydrogen) atoms. The summed E-state index contributed by atoms with van der Waals surface area (Å²) >= 11 is 0. The Bertz CT molecular complexity index is 61.5. The van der Waals surface area contributed by atoms with E-state index in [-0.39, 0.29) is 4.65 Å². The van der Waals surface area contributed by atoms with Crippen molar-refractivity contribution in [2.75, 3.05) is 20.1 Å². The molecular formula is C6H16NO+. The Labute approximate surface area is 51.3 Å². The van der Waals surface area contributed by atoms with Crippen molar-refractivity contribution >= 4 is 0 Å². The van der Waals surface area contributed by atoms with Gasteiger partial charge in [-0.05, 0) is 13.3 Å². The van der Waals surface area contributed by atoms with E-state index in [0.717, 1.165) is 19.5 Å². The third kappa shape index (κ3) is 2.99. The first-order chi connectivity index (χ1) is 3.62. The van der Waals surface area contributed by atoms with Gasteiger partial charge in [0.15, 0.2) is 0 Å². The van der Waals surface area contributed by atoms with Gasteiger partial charge in [-0.15, -0.1) is 0 Å². The molecule has 2 heteroatoms. The van der Waals surface area contributed by atoms with Crippen molar-refractivity contribution < 1.29 is 9.85 Å². The first kappa shape index (κ1) is 7.92. The van der Waals surface area contributed by atoms with Gasteiger partial charge in [0.25, 0.3) is 0 Å². The zero-order chi connectivity index (χ0) is 6.62. The summed E-state index contributed by atoms with van der Waals surface area (Å²) in [7, 11) is 1.82. The predicted octanol–water partition coefficient (Wildman–Crippen LogP) is 1.25. The lowest BCUT2D eigenvalue weighted by atomic mass is 10.4. The highest BCUT2D eigenvalue weighted by Crippen LogP contribution is 1.95. The summed E-state index contributed by atoms with van der Waals surface area (Å²) < 4.78 is 0.163. The monoisotopic (exact) mass is 118 g/mol. The van der Waals surface area contributed by atoms with Crippen LogP contribution in [0.25, 0.3) is 0 Å². The minimum absolute atomic E-state index is 0.163. The normalized spacial score (nSPS) is 18.0. The molecule has 0 heterocycles. The highest BCUT2D eigenvalue weighted by Gasteiger charge is 2.11. The van der Waals surface area contributed by atoms with Gasteiger partial charge in [-0.1, -0.05) is 6.92 Å². The summed E-state index contributed by atoms with van der Waals surface area (Å²) in [5, 5.41) is 9.26. The molecule has 0 saturated heterocycles. The highest BCUT2D eigenvalue weighted by molar-refractivity contribution is 4.21. The topological polar surface area (TPSA) is 20.2 Å². The first-order valence-electron chi connectivity index (χ1n) is 3.19. The van der Waals surface area contributed by atoms with Crippen molar-refractivity contribution in [3.8, 4) is 0 Å². The highest BCUT2D eigenvalue weighted by atomic mass is 16.5. The molecule has 0 aliphatic rings. The molecule has 0 bridgehead atoms. The van der Waals surface area contributed by atoms with E-state index in [1.165, 1.54) is 0 Å². The van der Waals surface area contributed by atoms with Gasteiger partial charge in [0.05, 0.1) is 7.05 Å². The zero-order valence-electron chi connectivity index (χ0n) is 6.02. The smallest absolute Gasteiger partial charge is 0.108 e. The van der Waals surface area contributed by atoms with E-state index in [4.69, 9.17) is 0 Å². The number of hydrogen-bond donors (Lipinski definition) is 1. The minimum Gasteiger partial charge on any atom is -0.217 e. The van der Waals surface area contributed by atoms with Crippen LogP contribution in [-0.2, 0) is 0 Å². The van der Waals surface area contributed by atoms with Crippen LogP contribution < -0.4 is 0 Å². The predicted molar refractivity (Wildman–Crippen MR) is 33.7 cm³/mol.